The summed E-state index contributed by atoms with van der Waals surface area (Å²) in [5.74, 6) is 0.703. The normalized spacial score (nSPS) is 26.2. The first kappa shape index (κ1) is 18.7. The molecule has 0 bridgehead atoms. The van der Waals surface area contributed by atoms with E-state index >= 15 is 0 Å². The minimum Gasteiger partial charge on any atom is -0.396 e. The molecule has 140 valence electrons. The molecule has 0 aromatic heterocycles. The molecule has 0 radical (unpaired) electrons. The maximum atomic E-state index is 12.7. The molecule has 1 aromatic carbocycles. The fourth-order valence-electron chi connectivity index (χ4n) is 4.11. The largest absolute Gasteiger partial charge is 0.416 e. The zero-order chi connectivity index (χ0) is 17.9. The molecule has 2 saturated heterocycles. The van der Waals surface area contributed by atoms with Crippen LogP contribution in [0.2, 0.25) is 0 Å². The van der Waals surface area contributed by atoms with Gasteiger partial charge in [-0.2, -0.15) is 13.2 Å². The summed E-state index contributed by atoms with van der Waals surface area (Å²) in [6, 6.07) is 5.43. The second-order valence-electron chi connectivity index (χ2n) is 7.45. The van der Waals surface area contributed by atoms with Gasteiger partial charge in [0.25, 0.3) is 0 Å². The molecule has 2 aliphatic rings. The zero-order valence-electron chi connectivity index (χ0n) is 14.5. The van der Waals surface area contributed by atoms with Crippen LogP contribution in [-0.2, 0) is 12.7 Å². The number of hydrogen-bond acceptors (Lipinski definition) is 3. The van der Waals surface area contributed by atoms with Crippen LogP contribution in [0, 0.1) is 11.8 Å². The van der Waals surface area contributed by atoms with Gasteiger partial charge < -0.3 is 10.0 Å². The van der Waals surface area contributed by atoms with Crippen LogP contribution >= 0.6 is 0 Å². The molecule has 2 aliphatic heterocycles. The van der Waals surface area contributed by atoms with Crippen LogP contribution in [0.5, 0.6) is 0 Å². The van der Waals surface area contributed by atoms with Crippen molar-refractivity contribution in [2.75, 3.05) is 39.3 Å². The van der Waals surface area contributed by atoms with Crippen molar-refractivity contribution in [2.45, 2.75) is 32.0 Å². The zero-order valence-corrected chi connectivity index (χ0v) is 14.5. The van der Waals surface area contributed by atoms with Gasteiger partial charge in [-0.1, -0.05) is 18.6 Å². The summed E-state index contributed by atoms with van der Waals surface area (Å²) in [5, 5.41) is 9.71. The van der Waals surface area contributed by atoms with E-state index < -0.39 is 11.7 Å². The Hall–Kier alpha value is -1.11. The lowest BCUT2D eigenvalue weighted by atomic mass is 9.95. The second-order valence-corrected chi connectivity index (χ2v) is 7.45. The molecule has 0 unspecified atom stereocenters. The predicted molar refractivity (Wildman–Crippen MR) is 91.1 cm³/mol. The molecule has 1 N–H and O–H groups in total. The van der Waals surface area contributed by atoms with Crippen LogP contribution in [0.4, 0.5) is 13.2 Å². The number of hydrogen-bond donors (Lipinski definition) is 1. The third-order valence-electron chi connectivity index (χ3n) is 5.52. The Balaban J connectivity index is 1.56. The number of alkyl halides is 3. The molecule has 3 rings (SSSR count). The Labute approximate surface area is 147 Å². The average molecular weight is 356 g/mol. The molecule has 0 saturated carbocycles. The van der Waals surface area contributed by atoms with Gasteiger partial charge in [0.1, 0.15) is 0 Å². The predicted octanol–water partition coefficient (Wildman–Crippen LogP) is 3.23. The van der Waals surface area contributed by atoms with Gasteiger partial charge in [0.15, 0.2) is 0 Å². The number of benzene rings is 1. The van der Waals surface area contributed by atoms with Crippen molar-refractivity contribution in [3.63, 3.8) is 0 Å². The van der Waals surface area contributed by atoms with Crippen molar-refractivity contribution < 1.29 is 18.3 Å². The summed E-state index contributed by atoms with van der Waals surface area (Å²) in [6.07, 6.45) is -0.462. The van der Waals surface area contributed by atoms with Crippen LogP contribution in [0.15, 0.2) is 24.3 Å². The highest BCUT2D eigenvalue weighted by Gasteiger charge is 2.34. The maximum absolute atomic E-state index is 12.7. The molecule has 0 amide bonds. The van der Waals surface area contributed by atoms with Gasteiger partial charge in [-0.05, 0) is 55.5 Å². The van der Waals surface area contributed by atoms with E-state index in [2.05, 4.69) is 9.80 Å². The highest BCUT2D eigenvalue weighted by molar-refractivity contribution is 5.24. The average Bonchev–Trinajstić information content (AvgIpc) is 2.97. The van der Waals surface area contributed by atoms with E-state index in [1.807, 2.05) is 0 Å². The quantitative estimate of drug-likeness (QED) is 0.878. The Kier molecular flexibility index (Phi) is 6.02. The Morgan fingerprint density at radius 3 is 2.16 bits per heavy atom. The molecule has 0 spiro atoms. The Bertz CT molecular complexity index is 541. The van der Waals surface area contributed by atoms with Gasteiger partial charge in [0, 0.05) is 32.8 Å². The van der Waals surface area contributed by atoms with Crippen molar-refractivity contribution >= 4 is 0 Å². The van der Waals surface area contributed by atoms with Crippen molar-refractivity contribution in [1.82, 2.24) is 9.80 Å². The smallest absolute Gasteiger partial charge is 0.396 e. The molecule has 3 nitrogen and oxygen atoms in total. The molecule has 2 heterocycles. The molecule has 2 atom stereocenters. The number of halogens is 3. The lowest BCUT2D eigenvalue weighted by Gasteiger charge is -2.30. The van der Waals surface area contributed by atoms with Gasteiger partial charge in [-0.25, -0.2) is 0 Å². The first-order valence-corrected chi connectivity index (χ1v) is 9.17. The minimum atomic E-state index is -4.28. The molecule has 1 aromatic rings. The second kappa shape index (κ2) is 8.06. The van der Waals surface area contributed by atoms with Crippen LogP contribution in [0.1, 0.15) is 30.4 Å². The highest BCUT2D eigenvalue weighted by Crippen LogP contribution is 2.30. The first-order chi connectivity index (χ1) is 12.0. The number of nitrogens with zero attached hydrogens (tertiary/aromatic N) is 2. The van der Waals surface area contributed by atoms with E-state index in [9.17, 15) is 18.3 Å². The van der Waals surface area contributed by atoms with Crippen molar-refractivity contribution in [1.29, 1.82) is 0 Å². The molecule has 2 fully saturated rings. The van der Waals surface area contributed by atoms with Crippen molar-refractivity contribution in [3.05, 3.63) is 35.4 Å². The number of aliphatic hydroxyl groups is 1. The molecule has 0 aliphatic carbocycles. The number of likely N-dealkylation sites (tertiary alicyclic amines) is 2. The summed E-state index contributed by atoms with van der Waals surface area (Å²) in [4.78, 5) is 4.76. The number of rotatable bonds is 5. The molecular formula is C19H27F3N2O. The van der Waals surface area contributed by atoms with E-state index in [1.165, 1.54) is 19.3 Å². The Morgan fingerprint density at radius 2 is 1.56 bits per heavy atom. The summed E-state index contributed by atoms with van der Waals surface area (Å²) in [5.41, 5.74) is 0.289. The van der Waals surface area contributed by atoms with Gasteiger partial charge in [0.05, 0.1) is 5.56 Å². The standard InChI is InChI=1S/C19H27F3N2O/c20-19(21,22)18-6-4-15(5-7-18)10-24-12-16(17(13-24)14-25)11-23-8-2-1-3-9-23/h4-7,16-17,25H,1-3,8-14H2/t16-,17-/m0/s1. The topological polar surface area (TPSA) is 26.7 Å². The maximum Gasteiger partial charge on any atom is 0.416 e. The summed E-state index contributed by atoms with van der Waals surface area (Å²) >= 11 is 0. The van der Waals surface area contributed by atoms with Crippen LogP contribution < -0.4 is 0 Å². The van der Waals surface area contributed by atoms with Crippen molar-refractivity contribution in [2.24, 2.45) is 11.8 Å². The van der Waals surface area contributed by atoms with Crippen molar-refractivity contribution in [3.8, 4) is 0 Å². The lowest BCUT2D eigenvalue weighted by Crippen LogP contribution is -2.37. The van der Waals surface area contributed by atoms with E-state index in [1.54, 1.807) is 12.1 Å². The van der Waals surface area contributed by atoms with Gasteiger partial charge in [-0.15, -0.1) is 0 Å². The molecule has 6 heteroatoms. The van der Waals surface area contributed by atoms with Crippen LogP contribution in [0.3, 0.4) is 0 Å². The van der Waals surface area contributed by atoms with E-state index in [0.29, 0.717) is 12.5 Å². The SMILES string of the molecule is OC[C@@H]1CN(Cc2ccc(C(F)(F)F)cc2)C[C@@H]1CN1CCCCC1. The lowest BCUT2D eigenvalue weighted by molar-refractivity contribution is -0.137. The van der Waals surface area contributed by atoms with Gasteiger partial charge in [-0.3, -0.25) is 4.90 Å². The third-order valence-corrected chi connectivity index (χ3v) is 5.52. The van der Waals surface area contributed by atoms with Gasteiger partial charge >= 0.3 is 6.18 Å². The highest BCUT2D eigenvalue weighted by atomic mass is 19.4. The van der Waals surface area contributed by atoms with E-state index in [4.69, 9.17) is 0 Å². The third kappa shape index (κ3) is 4.96. The minimum absolute atomic E-state index is 0.183. The van der Waals surface area contributed by atoms with Crippen LogP contribution in [-0.4, -0.2) is 54.2 Å². The molecular weight excluding hydrogens is 329 g/mol. The number of piperidine rings is 1. The first-order valence-electron chi connectivity index (χ1n) is 9.17. The summed E-state index contributed by atoms with van der Waals surface area (Å²) in [7, 11) is 0. The Morgan fingerprint density at radius 1 is 0.920 bits per heavy atom. The van der Waals surface area contributed by atoms with E-state index in [-0.39, 0.29) is 12.5 Å². The van der Waals surface area contributed by atoms with Crippen LogP contribution in [0.25, 0.3) is 0 Å². The fourth-order valence-corrected chi connectivity index (χ4v) is 4.11. The summed E-state index contributed by atoms with van der Waals surface area (Å²) in [6.45, 7) is 5.86. The fraction of sp³-hybridized carbons (Fsp3) is 0.684. The molecule has 25 heavy (non-hydrogen) atoms. The van der Waals surface area contributed by atoms with Gasteiger partial charge in [0.2, 0.25) is 0 Å². The monoisotopic (exact) mass is 356 g/mol. The number of aliphatic hydroxyl groups excluding tert-OH is 1. The van der Waals surface area contributed by atoms with E-state index in [0.717, 1.165) is 50.4 Å². The summed E-state index contributed by atoms with van der Waals surface area (Å²) < 4.78 is 38.0.